The molecule has 1 fully saturated rings. The fourth-order valence-corrected chi connectivity index (χ4v) is 2.79. The lowest BCUT2D eigenvalue weighted by atomic mass is 10.1. The van der Waals surface area contributed by atoms with Gasteiger partial charge in [0.05, 0.1) is 17.4 Å². The molecule has 100 valence electrons. The standard InChI is InChI=1S/C13H13ClN2O3/c1-19-8-5-11-12(17)15-10-4-7(14)2-3-9(10)13(18)16(11)6-8/h2-4,8,11H,5-6H2,1H3,(H,15,17)/t8-,11+/m0/s1. The minimum absolute atomic E-state index is 0.0893. The van der Waals surface area contributed by atoms with Crippen LogP contribution in [-0.2, 0) is 9.53 Å². The van der Waals surface area contributed by atoms with Crippen molar-refractivity contribution in [1.29, 1.82) is 0 Å². The molecule has 1 N–H and O–H groups in total. The van der Waals surface area contributed by atoms with Crippen molar-refractivity contribution in [1.82, 2.24) is 4.90 Å². The molecule has 0 saturated carbocycles. The summed E-state index contributed by atoms with van der Waals surface area (Å²) >= 11 is 5.90. The summed E-state index contributed by atoms with van der Waals surface area (Å²) in [5.74, 6) is -0.344. The third-order valence-electron chi connectivity index (χ3n) is 3.63. The van der Waals surface area contributed by atoms with Gasteiger partial charge in [0.25, 0.3) is 5.91 Å². The second kappa shape index (κ2) is 4.51. The van der Waals surface area contributed by atoms with Gasteiger partial charge in [0.2, 0.25) is 5.91 Å². The van der Waals surface area contributed by atoms with Crippen LogP contribution in [0, 0.1) is 0 Å². The Morgan fingerprint density at radius 2 is 2.21 bits per heavy atom. The summed E-state index contributed by atoms with van der Waals surface area (Å²) in [6.45, 7) is 0.440. The Hall–Kier alpha value is -1.59. The van der Waals surface area contributed by atoms with E-state index in [1.165, 1.54) is 0 Å². The number of halogens is 1. The van der Waals surface area contributed by atoms with E-state index in [9.17, 15) is 9.59 Å². The first-order chi connectivity index (χ1) is 9.10. The Morgan fingerprint density at radius 1 is 1.42 bits per heavy atom. The average molecular weight is 281 g/mol. The zero-order chi connectivity index (χ0) is 13.6. The zero-order valence-electron chi connectivity index (χ0n) is 10.4. The monoisotopic (exact) mass is 280 g/mol. The summed E-state index contributed by atoms with van der Waals surface area (Å²) in [5.41, 5.74) is 0.947. The molecule has 2 atom stereocenters. The molecule has 2 aliphatic heterocycles. The van der Waals surface area contributed by atoms with Gasteiger partial charge in [0, 0.05) is 25.1 Å². The van der Waals surface area contributed by atoms with Gasteiger partial charge in [-0.2, -0.15) is 0 Å². The molecule has 2 aliphatic rings. The quantitative estimate of drug-likeness (QED) is 0.848. The first kappa shape index (κ1) is 12.4. The molecule has 0 bridgehead atoms. The van der Waals surface area contributed by atoms with E-state index in [0.29, 0.717) is 29.2 Å². The van der Waals surface area contributed by atoms with E-state index in [-0.39, 0.29) is 17.9 Å². The highest BCUT2D eigenvalue weighted by Gasteiger charge is 2.42. The van der Waals surface area contributed by atoms with E-state index in [4.69, 9.17) is 16.3 Å². The van der Waals surface area contributed by atoms with Crippen molar-refractivity contribution in [2.24, 2.45) is 0 Å². The predicted molar refractivity (Wildman–Crippen MR) is 70.3 cm³/mol. The molecule has 5 nitrogen and oxygen atoms in total. The molecule has 2 heterocycles. The Bertz CT molecular complexity index is 561. The van der Waals surface area contributed by atoms with Gasteiger partial charge >= 0.3 is 0 Å². The maximum Gasteiger partial charge on any atom is 0.256 e. The number of carbonyl (C=O) groups is 2. The fraction of sp³-hybridized carbons (Fsp3) is 0.385. The van der Waals surface area contributed by atoms with Crippen molar-refractivity contribution >= 4 is 29.1 Å². The van der Waals surface area contributed by atoms with Crippen LogP contribution in [0.1, 0.15) is 16.8 Å². The maximum absolute atomic E-state index is 12.5. The molecule has 1 aromatic rings. The smallest absolute Gasteiger partial charge is 0.256 e. The number of nitrogens with one attached hydrogen (secondary N) is 1. The van der Waals surface area contributed by atoms with Crippen molar-refractivity contribution in [3.63, 3.8) is 0 Å². The molecule has 0 radical (unpaired) electrons. The van der Waals surface area contributed by atoms with Crippen LogP contribution in [0.15, 0.2) is 18.2 Å². The third-order valence-corrected chi connectivity index (χ3v) is 3.86. The number of fused-ring (bicyclic) bond motifs is 2. The number of methoxy groups -OCH3 is 1. The highest BCUT2D eigenvalue weighted by Crippen LogP contribution is 2.31. The van der Waals surface area contributed by atoms with E-state index in [0.717, 1.165) is 0 Å². The van der Waals surface area contributed by atoms with Crippen LogP contribution in [0.4, 0.5) is 5.69 Å². The molecule has 0 spiro atoms. The molecule has 6 heteroatoms. The van der Waals surface area contributed by atoms with Gasteiger partial charge in [-0.3, -0.25) is 9.59 Å². The molecule has 2 amide bonds. The normalized spacial score (nSPS) is 25.7. The van der Waals surface area contributed by atoms with Gasteiger partial charge in [-0.05, 0) is 18.2 Å². The number of hydrogen-bond donors (Lipinski definition) is 1. The summed E-state index contributed by atoms with van der Waals surface area (Å²) < 4.78 is 5.25. The molecule has 0 unspecified atom stereocenters. The lowest BCUT2D eigenvalue weighted by Crippen LogP contribution is -2.40. The highest BCUT2D eigenvalue weighted by molar-refractivity contribution is 6.31. The largest absolute Gasteiger partial charge is 0.380 e. The van der Waals surface area contributed by atoms with Gasteiger partial charge in [-0.15, -0.1) is 0 Å². The Balaban J connectivity index is 2.03. The second-order valence-corrected chi connectivity index (χ2v) is 5.18. The first-order valence-corrected chi connectivity index (χ1v) is 6.42. The van der Waals surface area contributed by atoms with Gasteiger partial charge < -0.3 is 15.0 Å². The summed E-state index contributed by atoms with van der Waals surface area (Å²) in [4.78, 5) is 26.2. The van der Waals surface area contributed by atoms with Crippen LogP contribution in [0.3, 0.4) is 0 Å². The van der Waals surface area contributed by atoms with E-state index < -0.39 is 6.04 Å². The van der Waals surface area contributed by atoms with E-state index >= 15 is 0 Å². The van der Waals surface area contributed by atoms with Gasteiger partial charge in [-0.1, -0.05) is 11.6 Å². The van der Waals surface area contributed by atoms with Gasteiger partial charge in [-0.25, -0.2) is 0 Å². The summed E-state index contributed by atoms with van der Waals surface area (Å²) in [5, 5.41) is 3.26. The maximum atomic E-state index is 12.5. The van der Waals surface area contributed by atoms with Gasteiger partial charge in [0.15, 0.2) is 0 Å². The summed E-state index contributed by atoms with van der Waals surface area (Å²) in [7, 11) is 1.59. The SMILES string of the molecule is CO[C@H]1C[C@@H]2C(=O)Nc3cc(Cl)ccc3C(=O)N2C1. The molecule has 0 aliphatic carbocycles. The Morgan fingerprint density at radius 3 is 2.95 bits per heavy atom. The van der Waals surface area contributed by atoms with E-state index in [2.05, 4.69) is 5.32 Å². The molecule has 3 rings (SSSR count). The topological polar surface area (TPSA) is 58.6 Å². The van der Waals surface area contributed by atoms with E-state index in [1.807, 2.05) is 0 Å². The minimum Gasteiger partial charge on any atom is -0.380 e. The average Bonchev–Trinajstić information content (AvgIpc) is 2.79. The van der Waals surface area contributed by atoms with Crippen LogP contribution in [0.2, 0.25) is 5.02 Å². The first-order valence-electron chi connectivity index (χ1n) is 6.04. The van der Waals surface area contributed by atoms with Crippen LogP contribution < -0.4 is 5.32 Å². The Kier molecular flexibility index (Phi) is 2.95. The second-order valence-electron chi connectivity index (χ2n) is 4.75. The molecular weight excluding hydrogens is 268 g/mol. The number of hydrogen-bond acceptors (Lipinski definition) is 3. The lowest BCUT2D eigenvalue weighted by Gasteiger charge is -2.19. The minimum atomic E-state index is -0.469. The fourth-order valence-electron chi connectivity index (χ4n) is 2.62. The number of ether oxygens (including phenoxy) is 1. The number of anilines is 1. The molecule has 1 aromatic carbocycles. The number of nitrogens with zero attached hydrogens (tertiary/aromatic N) is 1. The van der Waals surface area contributed by atoms with Crippen LogP contribution in [-0.4, -0.2) is 42.5 Å². The number of benzene rings is 1. The van der Waals surface area contributed by atoms with Crippen LogP contribution in [0.25, 0.3) is 0 Å². The van der Waals surface area contributed by atoms with Gasteiger partial charge in [0.1, 0.15) is 6.04 Å². The summed E-state index contributed by atoms with van der Waals surface area (Å²) in [6, 6.07) is 4.42. The van der Waals surface area contributed by atoms with Crippen LogP contribution >= 0.6 is 11.6 Å². The lowest BCUT2D eigenvalue weighted by molar-refractivity contribution is -0.119. The Labute approximate surface area is 115 Å². The zero-order valence-corrected chi connectivity index (χ0v) is 11.1. The number of amides is 2. The number of carbonyl (C=O) groups excluding carboxylic acids is 2. The van der Waals surface area contributed by atoms with Crippen molar-refractivity contribution in [3.05, 3.63) is 28.8 Å². The van der Waals surface area contributed by atoms with Crippen molar-refractivity contribution in [3.8, 4) is 0 Å². The molecule has 1 saturated heterocycles. The number of rotatable bonds is 1. The molecule has 19 heavy (non-hydrogen) atoms. The van der Waals surface area contributed by atoms with E-state index in [1.54, 1.807) is 30.2 Å². The van der Waals surface area contributed by atoms with Crippen LogP contribution in [0.5, 0.6) is 0 Å². The molecule has 0 aromatic heterocycles. The predicted octanol–water partition coefficient (Wildman–Crippen LogP) is 1.52. The molecular formula is C13H13ClN2O3. The third kappa shape index (κ3) is 1.99. The van der Waals surface area contributed by atoms with Crippen molar-refractivity contribution in [2.45, 2.75) is 18.6 Å². The highest BCUT2D eigenvalue weighted by atomic mass is 35.5. The van der Waals surface area contributed by atoms with Crippen molar-refractivity contribution < 1.29 is 14.3 Å². The van der Waals surface area contributed by atoms with Crippen molar-refractivity contribution in [2.75, 3.05) is 19.0 Å². The summed E-state index contributed by atoms with van der Waals surface area (Å²) in [6.07, 6.45) is 0.434.